The lowest BCUT2D eigenvalue weighted by Crippen LogP contribution is -2.47. The molecule has 0 bridgehead atoms. The molecule has 3 aromatic carbocycles. The summed E-state index contributed by atoms with van der Waals surface area (Å²) < 4.78 is 67.3. The monoisotopic (exact) mass is 675 g/mol. The minimum absolute atomic E-state index is 0.298. The molecule has 14 heteroatoms. The molecule has 0 aliphatic rings. The van der Waals surface area contributed by atoms with Crippen LogP contribution in [0.25, 0.3) is 0 Å². The number of pyridine rings is 1. The maximum atomic E-state index is 15.8. The van der Waals surface area contributed by atoms with Gasteiger partial charge in [0.2, 0.25) is 0 Å². The number of aliphatic hydroxyl groups is 1. The highest BCUT2D eigenvalue weighted by molar-refractivity contribution is 6.29. The van der Waals surface area contributed by atoms with Crippen LogP contribution in [0.5, 0.6) is 5.75 Å². The van der Waals surface area contributed by atoms with E-state index in [1.807, 2.05) is 30.5 Å². The molecule has 0 radical (unpaired) electrons. The first-order valence-electron chi connectivity index (χ1n) is 14.2. The highest BCUT2D eigenvalue weighted by atomic mass is 35.5. The van der Waals surface area contributed by atoms with Crippen LogP contribution in [0.3, 0.4) is 0 Å². The van der Waals surface area contributed by atoms with Crippen molar-refractivity contribution in [2.75, 3.05) is 6.54 Å². The largest absolute Gasteiger partial charge is 0.489 e. The summed E-state index contributed by atoms with van der Waals surface area (Å²) in [6.07, 6.45) is 3.62. The van der Waals surface area contributed by atoms with Gasteiger partial charge in [0.15, 0.2) is 10.8 Å². The Bertz CT molecular complexity index is 1970. The van der Waals surface area contributed by atoms with Gasteiger partial charge in [0.05, 0.1) is 13.1 Å². The molecule has 3 N–H and O–H groups in total. The van der Waals surface area contributed by atoms with Crippen LogP contribution in [0, 0.1) is 23.5 Å². The van der Waals surface area contributed by atoms with Gasteiger partial charge in [-0.25, -0.2) is 8.78 Å². The number of nitrogens with zero attached hydrogens (tertiary/aromatic N) is 6. The van der Waals surface area contributed by atoms with Crippen molar-refractivity contribution in [2.45, 2.75) is 24.7 Å². The summed E-state index contributed by atoms with van der Waals surface area (Å²) >= 11 is 5.87. The first-order valence-corrected chi connectivity index (χ1v) is 14.6. The van der Waals surface area contributed by atoms with Crippen LogP contribution >= 0.6 is 11.6 Å². The number of hydrogen-bond donors (Lipinski definition) is 2. The van der Waals surface area contributed by atoms with Crippen molar-refractivity contribution in [1.82, 2.24) is 14.8 Å². The molecule has 1 unspecified atom stereocenters. The normalized spacial score (nSPS) is 13.0. The number of nitrogens with two attached hydrogens (primary N) is 1. The second kappa shape index (κ2) is 14.9. The minimum atomic E-state index is -4.19. The number of aliphatic imine (C=N–C) groups is 1. The molecule has 0 aliphatic heterocycles. The molecule has 244 valence electrons. The van der Waals surface area contributed by atoms with Gasteiger partial charge < -0.3 is 15.7 Å². The third kappa shape index (κ3) is 8.03. The number of hydrogen-bond acceptors (Lipinski definition) is 6. The predicted molar refractivity (Wildman–Crippen MR) is 170 cm³/mol. The predicted octanol–water partition coefficient (Wildman–Crippen LogP) is 6.57. The van der Waals surface area contributed by atoms with Crippen molar-refractivity contribution in [2.24, 2.45) is 21.2 Å². The molecule has 5 rings (SSSR count). The van der Waals surface area contributed by atoms with E-state index in [2.05, 4.69) is 37.3 Å². The molecule has 0 spiro atoms. The van der Waals surface area contributed by atoms with Crippen molar-refractivity contribution in [3.05, 3.63) is 148 Å². The van der Waals surface area contributed by atoms with Gasteiger partial charge in [0.25, 0.3) is 0 Å². The second-order valence-corrected chi connectivity index (χ2v) is 10.8. The summed E-state index contributed by atoms with van der Waals surface area (Å²) in [7, 11) is 0. The van der Waals surface area contributed by atoms with Crippen molar-refractivity contribution in [1.29, 1.82) is 0 Å². The van der Waals surface area contributed by atoms with Crippen LogP contribution < -0.4 is 10.6 Å². The maximum absolute atomic E-state index is 15.8. The molecule has 1 atom stereocenters. The fraction of sp³-hybridized carbons (Fsp3) is 0.147. The van der Waals surface area contributed by atoms with E-state index in [1.165, 1.54) is 6.07 Å². The second-order valence-electron chi connectivity index (χ2n) is 10.4. The molecule has 0 saturated heterocycles. The first kappa shape index (κ1) is 33.8. The number of rotatable bonds is 11. The fourth-order valence-corrected chi connectivity index (χ4v) is 4.74. The highest BCUT2D eigenvalue weighted by Gasteiger charge is 2.57. The molecule has 9 nitrogen and oxygen atoms in total. The number of ether oxygens (including phenoxy) is 1. The van der Waals surface area contributed by atoms with Crippen LogP contribution in [0.2, 0.25) is 5.15 Å². The van der Waals surface area contributed by atoms with Crippen LogP contribution in [-0.4, -0.2) is 32.8 Å². The van der Waals surface area contributed by atoms with Gasteiger partial charge in [0, 0.05) is 35.2 Å². The zero-order valence-electron chi connectivity index (χ0n) is 24.9. The zero-order valence-corrected chi connectivity index (χ0v) is 25.7. The molecule has 5 aromatic rings. The van der Waals surface area contributed by atoms with Gasteiger partial charge in [-0.3, -0.25) is 14.7 Å². The molecular weight excluding hydrogens is 650 g/mol. The number of benzene rings is 3. The van der Waals surface area contributed by atoms with E-state index in [9.17, 15) is 13.9 Å². The Balaban J connectivity index is 1.23. The number of halogens is 5. The Morgan fingerprint density at radius 3 is 2.29 bits per heavy atom. The van der Waals surface area contributed by atoms with E-state index >= 15 is 8.78 Å². The van der Waals surface area contributed by atoms with E-state index in [0.717, 1.165) is 29.5 Å². The molecule has 0 saturated carbocycles. The molecule has 0 aliphatic carbocycles. The van der Waals surface area contributed by atoms with Crippen LogP contribution in [-0.2, 0) is 24.7 Å². The topological polar surface area (TPSA) is 123 Å². The van der Waals surface area contributed by atoms with Gasteiger partial charge in [0.1, 0.15) is 36.0 Å². The number of alkyl halides is 2. The molecule has 2 heterocycles. The molecule has 0 fully saturated rings. The quantitative estimate of drug-likeness (QED) is 0.0312. The third-order valence-corrected chi connectivity index (χ3v) is 7.29. The van der Waals surface area contributed by atoms with Gasteiger partial charge in [-0.15, -0.1) is 5.11 Å². The Labute approximate surface area is 277 Å². The van der Waals surface area contributed by atoms with Gasteiger partial charge >= 0.3 is 5.92 Å². The molecule has 0 amide bonds. The fourth-order valence-electron chi connectivity index (χ4n) is 4.58. The van der Waals surface area contributed by atoms with Gasteiger partial charge in [-0.05, 0) is 65.7 Å². The maximum Gasteiger partial charge on any atom is 0.323 e. The van der Waals surface area contributed by atoms with Crippen LogP contribution in [0.4, 0.5) is 17.6 Å². The smallest absolute Gasteiger partial charge is 0.323 e. The summed E-state index contributed by atoms with van der Waals surface area (Å²) in [5.74, 6) is 4.66. The molecular formula is C34H26ClF4N7O2. The standard InChI is InChI=1S/C34H26ClF4N7O2/c35-32-15-16-46(44-32)19-25-3-5-26(6-4-25)20-48-28-11-7-23(8-12-28)1-2-24-9-14-31(42-18-24)34(38,39)33(47,21-41-22-43-45-40)29-13-10-27(36)17-30(29)37/h3-18,22,47H,19-21H2,(H2,40,41,43). The Kier molecular flexibility index (Phi) is 10.5. The molecule has 2 aromatic heterocycles. The summed E-state index contributed by atoms with van der Waals surface area (Å²) in [5.41, 5.74) is -2.07. The van der Waals surface area contributed by atoms with E-state index in [4.69, 9.17) is 22.2 Å². The van der Waals surface area contributed by atoms with E-state index in [0.29, 0.717) is 53.7 Å². The lowest BCUT2D eigenvalue weighted by atomic mass is 9.84. The van der Waals surface area contributed by atoms with Crippen molar-refractivity contribution < 1.29 is 27.4 Å². The van der Waals surface area contributed by atoms with E-state index in [-0.39, 0.29) is 0 Å². The summed E-state index contributed by atoms with van der Waals surface area (Å²) in [5, 5.41) is 21.9. The minimum Gasteiger partial charge on any atom is -0.489 e. The average Bonchev–Trinajstić information content (AvgIpc) is 3.50. The third-order valence-electron chi connectivity index (χ3n) is 7.09. The lowest BCUT2D eigenvalue weighted by Gasteiger charge is -2.34. The van der Waals surface area contributed by atoms with Crippen molar-refractivity contribution >= 4 is 17.9 Å². The Hall–Kier alpha value is -5.58. The average molecular weight is 676 g/mol. The Morgan fingerprint density at radius 1 is 0.938 bits per heavy atom. The van der Waals surface area contributed by atoms with E-state index in [1.54, 1.807) is 35.0 Å². The molecule has 48 heavy (non-hydrogen) atoms. The van der Waals surface area contributed by atoms with Gasteiger partial charge in [-0.2, -0.15) is 13.9 Å². The Morgan fingerprint density at radius 2 is 1.65 bits per heavy atom. The summed E-state index contributed by atoms with van der Waals surface area (Å²) in [6, 6.07) is 20.8. The number of aromatic nitrogens is 3. The van der Waals surface area contributed by atoms with E-state index < -0.39 is 41.0 Å². The van der Waals surface area contributed by atoms with Crippen LogP contribution in [0.15, 0.2) is 113 Å². The van der Waals surface area contributed by atoms with Gasteiger partial charge in [-0.1, -0.05) is 52.9 Å². The van der Waals surface area contributed by atoms with Crippen LogP contribution in [0.1, 0.15) is 33.5 Å². The zero-order chi connectivity index (χ0) is 34.1. The SMILES string of the molecule is NN=NC=NCC(O)(c1ccc(F)cc1F)C(F)(F)c1ccc(C#Cc2ccc(OCc3ccc(Cn4ccc(Cl)n4)cc3)cc2)cn1. The van der Waals surface area contributed by atoms with Crippen molar-refractivity contribution in [3.63, 3.8) is 0 Å². The van der Waals surface area contributed by atoms with Crippen molar-refractivity contribution in [3.8, 4) is 17.6 Å². The highest BCUT2D eigenvalue weighted by Crippen LogP contribution is 2.46. The summed E-state index contributed by atoms with van der Waals surface area (Å²) in [6.45, 7) is -0.111. The summed E-state index contributed by atoms with van der Waals surface area (Å²) in [4.78, 5) is 7.36. The lowest BCUT2D eigenvalue weighted by molar-refractivity contribution is -0.193. The first-order chi connectivity index (χ1) is 23.1.